The van der Waals surface area contributed by atoms with Crippen LogP contribution in [0, 0.1) is 0 Å². The number of hydrogen-bond acceptors (Lipinski definition) is 6. The Bertz CT molecular complexity index is 612. The van der Waals surface area contributed by atoms with E-state index in [9.17, 15) is 4.79 Å². The highest BCUT2D eigenvalue weighted by molar-refractivity contribution is 7.16. The van der Waals surface area contributed by atoms with Crippen LogP contribution in [0.4, 0.5) is 11.8 Å². The summed E-state index contributed by atoms with van der Waals surface area (Å²) in [6, 6.07) is 1.63. The van der Waals surface area contributed by atoms with E-state index < -0.39 is 0 Å². The zero-order valence-electron chi connectivity index (χ0n) is 12.1. The Labute approximate surface area is 122 Å². The van der Waals surface area contributed by atoms with Gasteiger partial charge in [0.15, 0.2) is 0 Å². The molecule has 0 aliphatic heterocycles. The van der Waals surface area contributed by atoms with Gasteiger partial charge in [-0.05, 0) is 25.3 Å². The Balaban J connectivity index is 2.28. The molecule has 2 N–H and O–H groups in total. The Morgan fingerprint density at radius 2 is 2.25 bits per heavy atom. The summed E-state index contributed by atoms with van der Waals surface area (Å²) in [5, 5.41) is 9.02. The van der Waals surface area contributed by atoms with Gasteiger partial charge in [0.1, 0.15) is 16.7 Å². The monoisotopic (exact) mass is 293 g/mol. The summed E-state index contributed by atoms with van der Waals surface area (Å²) in [6.45, 7) is 4.48. The minimum atomic E-state index is -0.331. The van der Waals surface area contributed by atoms with E-state index >= 15 is 0 Å². The number of nitrogens with zero attached hydrogens (tertiary/aromatic N) is 3. The fourth-order valence-electron chi connectivity index (χ4n) is 1.83. The molecular weight excluding hydrogens is 274 g/mol. The van der Waals surface area contributed by atoms with Crippen LogP contribution >= 0.6 is 11.3 Å². The lowest BCUT2D eigenvalue weighted by atomic mass is 10.2. The number of fused-ring (bicyclic) bond motifs is 1. The Morgan fingerprint density at radius 3 is 2.90 bits per heavy atom. The third-order valence-corrected chi connectivity index (χ3v) is 3.93. The standard InChI is InChI=1S/C13H19N5OS/c1-5-18(4)12(19)8(2)15-10-9-6-7-20-11(9)17-13(14-3)16-10/h6-8H,5H2,1-4H3,(H2,14,15,16,17). The summed E-state index contributed by atoms with van der Waals surface area (Å²) in [5.74, 6) is 1.28. The molecule has 0 fully saturated rings. The highest BCUT2D eigenvalue weighted by Gasteiger charge is 2.18. The van der Waals surface area contributed by atoms with Gasteiger partial charge in [0.2, 0.25) is 11.9 Å². The maximum Gasteiger partial charge on any atom is 0.244 e. The topological polar surface area (TPSA) is 70.2 Å². The van der Waals surface area contributed by atoms with Crippen LogP contribution in [-0.4, -0.2) is 47.5 Å². The molecule has 1 atom stereocenters. The molecule has 0 saturated heterocycles. The van der Waals surface area contributed by atoms with E-state index in [2.05, 4.69) is 20.6 Å². The van der Waals surface area contributed by atoms with Crippen molar-refractivity contribution in [2.45, 2.75) is 19.9 Å². The van der Waals surface area contributed by atoms with Crippen molar-refractivity contribution in [3.8, 4) is 0 Å². The molecule has 0 bridgehead atoms. The number of thiophene rings is 1. The van der Waals surface area contributed by atoms with Gasteiger partial charge in [-0.3, -0.25) is 4.79 Å². The summed E-state index contributed by atoms with van der Waals surface area (Å²) >= 11 is 1.55. The minimum absolute atomic E-state index is 0.0421. The number of carbonyl (C=O) groups is 1. The van der Waals surface area contributed by atoms with E-state index in [1.165, 1.54) is 0 Å². The van der Waals surface area contributed by atoms with Crippen LogP contribution in [0.5, 0.6) is 0 Å². The molecule has 0 aliphatic carbocycles. The molecule has 0 saturated carbocycles. The highest BCUT2D eigenvalue weighted by Crippen LogP contribution is 2.26. The zero-order chi connectivity index (χ0) is 14.7. The summed E-state index contributed by atoms with van der Waals surface area (Å²) in [4.78, 5) is 23.5. The molecule has 0 aliphatic rings. The lowest BCUT2D eigenvalue weighted by Gasteiger charge is -2.21. The van der Waals surface area contributed by atoms with Gasteiger partial charge in [-0.15, -0.1) is 11.3 Å². The summed E-state index contributed by atoms with van der Waals surface area (Å²) in [7, 11) is 3.57. The number of carbonyl (C=O) groups excluding carboxylic acids is 1. The van der Waals surface area contributed by atoms with E-state index in [-0.39, 0.29) is 11.9 Å². The molecule has 6 nitrogen and oxygen atoms in total. The molecule has 2 rings (SSSR count). The Kier molecular flexibility index (Phi) is 4.39. The molecular formula is C13H19N5OS. The van der Waals surface area contributed by atoms with Crippen molar-refractivity contribution in [3.63, 3.8) is 0 Å². The van der Waals surface area contributed by atoms with E-state index in [1.54, 1.807) is 30.3 Å². The van der Waals surface area contributed by atoms with E-state index in [0.29, 0.717) is 18.3 Å². The number of amides is 1. The van der Waals surface area contributed by atoms with E-state index in [1.807, 2.05) is 25.3 Å². The summed E-state index contributed by atoms with van der Waals surface area (Å²) in [6.07, 6.45) is 0. The first kappa shape index (κ1) is 14.5. The number of aromatic nitrogens is 2. The van der Waals surface area contributed by atoms with Crippen LogP contribution in [0.1, 0.15) is 13.8 Å². The van der Waals surface area contributed by atoms with Crippen molar-refractivity contribution in [1.82, 2.24) is 14.9 Å². The molecule has 2 aromatic rings. The fourth-order valence-corrected chi connectivity index (χ4v) is 2.59. The van der Waals surface area contributed by atoms with Crippen LogP contribution in [0.2, 0.25) is 0 Å². The first-order chi connectivity index (χ1) is 9.56. The molecule has 108 valence electrons. The molecule has 0 aromatic carbocycles. The van der Waals surface area contributed by atoms with Gasteiger partial charge in [-0.1, -0.05) is 0 Å². The number of rotatable bonds is 5. The Hall–Kier alpha value is -1.89. The van der Waals surface area contributed by atoms with Crippen molar-refractivity contribution >= 4 is 39.2 Å². The lowest BCUT2D eigenvalue weighted by Crippen LogP contribution is -2.39. The van der Waals surface area contributed by atoms with Crippen LogP contribution in [-0.2, 0) is 4.79 Å². The van der Waals surface area contributed by atoms with Crippen LogP contribution in [0.3, 0.4) is 0 Å². The third-order valence-electron chi connectivity index (χ3n) is 3.12. The van der Waals surface area contributed by atoms with Crippen molar-refractivity contribution in [2.24, 2.45) is 0 Å². The smallest absolute Gasteiger partial charge is 0.244 e. The van der Waals surface area contributed by atoms with Gasteiger partial charge in [0, 0.05) is 20.6 Å². The van der Waals surface area contributed by atoms with Crippen LogP contribution < -0.4 is 10.6 Å². The van der Waals surface area contributed by atoms with Gasteiger partial charge in [-0.2, -0.15) is 4.98 Å². The molecule has 2 heterocycles. The largest absolute Gasteiger partial charge is 0.358 e. The average Bonchev–Trinajstić information content (AvgIpc) is 2.93. The predicted octanol–water partition coefficient (Wildman–Crippen LogP) is 2.01. The van der Waals surface area contributed by atoms with E-state index in [0.717, 1.165) is 10.2 Å². The zero-order valence-corrected chi connectivity index (χ0v) is 12.9. The highest BCUT2D eigenvalue weighted by atomic mass is 32.1. The number of anilines is 2. The quantitative estimate of drug-likeness (QED) is 0.882. The maximum absolute atomic E-state index is 12.1. The molecule has 0 spiro atoms. The summed E-state index contributed by atoms with van der Waals surface area (Å²) in [5.41, 5.74) is 0. The fraction of sp³-hybridized carbons (Fsp3) is 0.462. The van der Waals surface area contributed by atoms with Crippen LogP contribution in [0.15, 0.2) is 11.4 Å². The normalized spacial score (nSPS) is 12.2. The van der Waals surface area contributed by atoms with Gasteiger partial charge >= 0.3 is 0 Å². The van der Waals surface area contributed by atoms with Crippen molar-refractivity contribution in [1.29, 1.82) is 0 Å². The SMILES string of the molecule is CCN(C)C(=O)C(C)Nc1nc(NC)nc2sccc12. The van der Waals surface area contributed by atoms with Gasteiger partial charge in [0.25, 0.3) is 0 Å². The molecule has 2 aromatic heterocycles. The van der Waals surface area contributed by atoms with E-state index in [4.69, 9.17) is 0 Å². The number of hydrogen-bond donors (Lipinski definition) is 2. The van der Waals surface area contributed by atoms with Gasteiger partial charge in [-0.25, -0.2) is 4.98 Å². The number of likely N-dealkylation sites (N-methyl/N-ethyl adjacent to an activating group) is 1. The third kappa shape index (κ3) is 2.82. The van der Waals surface area contributed by atoms with Gasteiger partial charge in [0.05, 0.1) is 5.39 Å². The molecule has 20 heavy (non-hydrogen) atoms. The molecule has 1 amide bonds. The molecule has 1 unspecified atom stereocenters. The Morgan fingerprint density at radius 1 is 1.50 bits per heavy atom. The molecule has 7 heteroatoms. The second-order valence-corrected chi connectivity index (χ2v) is 5.40. The first-order valence-corrected chi connectivity index (χ1v) is 7.39. The molecule has 0 radical (unpaired) electrons. The lowest BCUT2D eigenvalue weighted by molar-refractivity contribution is -0.130. The maximum atomic E-state index is 12.1. The summed E-state index contributed by atoms with van der Waals surface area (Å²) < 4.78 is 0. The average molecular weight is 293 g/mol. The van der Waals surface area contributed by atoms with Crippen LogP contribution in [0.25, 0.3) is 10.2 Å². The minimum Gasteiger partial charge on any atom is -0.358 e. The van der Waals surface area contributed by atoms with Crippen molar-refractivity contribution in [3.05, 3.63) is 11.4 Å². The van der Waals surface area contributed by atoms with Gasteiger partial charge < -0.3 is 15.5 Å². The number of nitrogens with one attached hydrogen (secondary N) is 2. The second kappa shape index (κ2) is 6.04. The van der Waals surface area contributed by atoms with Crippen molar-refractivity contribution in [2.75, 3.05) is 31.3 Å². The second-order valence-electron chi connectivity index (χ2n) is 4.50. The predicted molar refractivity (Wildman–Crippen MR) is 83.4 cm³/mol. The first-order valence-electron chi connectivity index (χ1n) is 6.51. The van der Waals surface area contributed by atoms with Crippen molar-refractivity contribution < 1.29 is 4.79 Å².